The molecular formula is C23H32ClN3O4S. The van der Waals surface area contributed by atoms with E-state index < -0.39 is 17.6 Å². The van der Waals surface area contributed by atoms with E-state index in [1.165, 1.54) is 23.3 Å². The fourth-order valence-electron chi connectivity index (χ4n) is 2.66. The molecule has 0 aliphatic carbocycles. The minimum absolute atomic E-state index is 0.117. The Hall–Kier alpha value is -2.32. The summed E-state index contributed by atoms with van der Waals surface area (Å²) < 4.78 is 12.6. The van der Waals surface area contributed by atoms with Gasteiger partial charge in [-0.15, -0.1) is 11.3 Å². The number of amides is 2. The predicted octanol–water partition coefficient (Wildman–Crippen LogP) is 5.12. The van der Waals surface area contributed by atoms with E-state index in [2.05, 4.69) is 25.8 Å². The molecule has 0 saturated carbocycles. The zero-order chi connectivity index (χ0) is 24.3. The molecule has 9 heteroatoms. The number of carbonyl (C=O) groups excluding carboxylic acids is 2. The SMILES string of the molecule is COc1ccc(Cl)cc1C(=O)N=c1sc(C(C)(C)C)cn1CCN(C)C(=O)OC(C)(C)C. The van der Waals surface area contributed by atoms with E-state index in [0.29, 0.717) is 34.2 Å². The molecular weight excluding hydrogens is 450 g/mol. The number of hydrogen-bond donors (Lipinski definition) is 0. The maximum absolute atomic E-state index is 13.0. The van der Waals surface area contributed by atoms with Crippen LogP contribution in [-0.4, -0.2) is 47.8 Å². The number of likely N-dealkylation sites (N-methyl/N-ethyl adjacent to an activating group) is 1. The molecule has 2 rings (SSSR count). The molecule has 0 spiro atoms. The molecule has 0 aliphatic heterocycles. The fraction of sp³-hybridized carbons (Fsp3) is 0.522. The number of nitrogens with zero attached hydrogens (tertiary/aromatic N) is 3. The quantitative estimate of drug-likeness (QED) is 0.594. The highest BCUT2D eigenvalue weighted by Crippen LogP contribution is 2.26. The zero-order valence-corrected chi connectivity index (χ0v) is 21.6. The van der Waals surface area contributed by atoms with E-state index in [9.17, 15) is 9.59 Å². The summed E-state index contributed by atoms with van der Waals surface area (Å²) in [6.45, 7) is 12.6. The van der Waals surface area contributed by atoms with Crippen molar-refractivity contribution in [1.82, 2.24) is 9.47 Å². The highest BCUT2D eigenvalue weighted by atomic mass is 35.5. The Morgan fingerprint density at radius 3 is 2.41 bits per heavy atom. The van der Waals surface area contributed by atoms with E-state index in [1.807, 2.05) is 31.5 Å². The van der Waals surface area contributed by atoms with Crippen LogP contribution in [0.15, 0.2) is 29.4 Å². The number of methoxy groups -OCH3 is 1. The topological polar surface area (TPSA) is 73.1 Å². The van der Waals surface area contributed by atoms with Crippen molar-refractivity contribution in [3.63, 3.8) is 0 Å². The molecule has 0 bridgehead atoms. The Kier molecular flexibility index (Phi) is 8.17. The third-order valence-corrected chi connectivity index (χ3v) is 6.11. The molecule has 0 aliphatic rings. The first kappa shape index (κ1) is 25.9. The first-order valence-electron chi connectivity index (χ1n) is 10.3. The summed E-state index contributed by atoms with van der Waals surface area (Å²) in [5.41, 5.74) is -0.389. The van der Waals surface area contributed by atoms with Gasteiger partial charge in [-0.25, -0.2) is 4.79 Å². The third kappa shape index (κ3) is 7.10. The monoisotopic (exact) mass is 481 g/mol. The standard InChI is InChI=1S/C23H32ClN3O4S/c1-22(2,3)18-14-27(12-11-26(7)21(29)31-23(4,5)6)20(32-18)25-19(28)16-13-15(24)9-10-17(16)30-8/h9-10,13-14H,11-12H2,1-8H3. The first-order valence-corrected chi connectivity index (χ1v) is 11.5. The summed E-state index contributed by atoms with van der Waals surface area (Å²) in [4.78, 5) is 32.7. The average Bonchev–Trinajstić information content (AvgIpc) is 3.07. The molecule has 1 aromatic carbocycles. The number of ether oxygens (including phenoxy) is 2. The van der Waals surface area contributed by atoms with Crippen molar-refractivity contribution in [3.8, 4) is 5.75 Å². The van der Waals surface area contributed by atoms with Crippen LogP contribution >= 0.6 is 22.9 Å². The summed E-state index contributed by atoms with van der Waals surface area (Å²) in [7, 11) is 3.18. The van der Waals surface area contributed by atoms with Crippen molar-refractivity contribution in [2.24, 2.45) is 4.99 Å². The molecule has 0 unspecified atom stereocenters. The van der Waals surface area contributed by atoms with Gasteiger partial charge >= 0.3 is 6.09 Å². The molecule has 0 saturated heterocycles. The van der Waals surface area contributed by atoms with Crippen molar-refractivity contribution in [3.05, 3.63) is 44.7 Å². The fourth-order valence-corrected chi connectivity index (χ4v) is 3.90. The van der Waals surface area contributed by atoms with Crippen molar-refractivity contribution in [2.75, 3.05) is 20.7 Å². The molecule has 0 N–H and O–H groups in total. The second kappa shape index (κ2) is 10.1. The van der Waals surface area contributed by atoms with Gasteiger partial charge in [-0.1, -0.05) is 32.4 Å². The number of thiazole rings is 1. The number of benzene rings is 1. The second-order valence-corrected chi connectivity index (χ2v) is 10.9. The van der Waals surface area contributed by atoms with Crippen LogP contribution in [0, 0.1) is 0 Å². The average molecular weight is 482 g/mol. The van der Waals surface area contributed by atoms with Crippen LogP contribution in [0.5, 0.6) is 5.75 Å². The van der Waals surface area contributed by atoms with Crippen LogP contribution in [0.4, 0.5) is 4.79 Å². The lowest BCUT2D eigenvalue weighted by Crippen LogP contribution is -2.36. The van der Waals surface area contributed by atoms with E-state index in [4.69, 9.17) is 21.1 Å². The Morgan fingerprint density at radius 1 is 1.19 bits per heavy atom. The number of rotatable bonds is 5. The summed E-state index contributed by atoms with van der Waals surface area (Å²) >= 11 is 7.52. The van der Waals surface area contributed by atoms with Gasteiger partial charge in [0.25, 0.3) is 5.91 Å². The maximum atomic E-state index is 13.0. The van der Waals surface area contributed by atoms with Crippen LogP contribution in [0.3, 0.4) is 0 Å². The van der Waals surface area contributed by atoms with E-state index >= 15 is 0 Å². The Morgan fingerprint density at radius 2 is 1.84 bits per heavy atom. The van der Waals surface area contributed by atoms with Gasteiger partial charge in [0, 0.05) is 36.2 Å². The lowest BCUT2D eigenvalue weighted by atomic mass is 9.95. The minimum Gasteiger partial charge on any atom is -0.496 e. The molecule has 1 heterocycles. The third-order valence-electron chi connectivity index (χ3n) is 4.43. The van der Waals surface area contributed by atoms with Gasteiger partial charge in [0.05, 0.1) is 12.7 Å². The van der Waals surface area contributed by atoms with Gasteiger partial charge in [-0.2, -0.15) is 4.99 Å². The number of hydrogen-bond acceptors (Lipinski definition) is 5. The van der Waals surface area contributed by atoms with Gasteiger partial charge in [0.15, 0.2) is 4.80 Å². The Labute approximate surface area is 198 Å². The lowest BCUT2D eigenvalue weighted by molar-refractivity contribution is 0.0293. The molecule has 2 amide bonds. The maximum Gasteiger partial charge on any atom is 0.410 e. The molecule has 32 heavy (non-hydrogen) atoms. The first-order chi connectivity index (χ1) is 14.7. The molecule has 176 valence electrons. The van der Waals surface area contributed by atoms with Crippen LogP contribution in [0.25, 0.3) is 0 Å². The summed E-state index contributed by atoms with van der Waals surface area (Å²) in [5.74, 6) is -0.0344. The Balaban J connectivity index is 2.37. The molecule has 1 aromatic heterocycles. The van der Waals surface area contributed by atoms with Crippen LogP contribution in [0.1, 0.15) is 56.8 Å². The van der Waals surface area contributed by atoms with Gasteiger partial charge in [0.1, 0.15) is 11.4 Å². The lowest BCUT2D eigenvalue weighted by Gasteiger charge is -2.24. The van der Waals surface area contributed by atoms with Gasteiger partial charge in [-0.3, -0.25) is 4.79 Å². The van der Waals surface area contributed by atoms with E-state index in [0.717, 1.165) is 4.88 Å². The van der Waals surface area contributed by atoms with Gasteiger partial charge < -0.3 is 18.9 Å². The molecule has 0 fully saturated rings. The van der Waals surface area contributed by atoms with Crippen molar-refractivity contribution >= 4 is 34.9 Å². The number of aromatic nitrogens is 1. The number of halogens is 1. The molecule has 0 atom stereocenters. The van der Waals surface area contributed by atoms with Crippen LogP contribution in [0.2, 0.25) is 5.02 Å². The highest BCUT2D eigenvalue weighted by molar-refractivity contribution is 7.09. The second-order valence-electron chi connectivity index (χ2n) is 9.48. The summed E-state index contributed by atoms with van der Waals surface area (Å²) in [5, 5.41) is 0.428. The zero-order valence-electron chi connectivity index (χ0n) is 20.0. The Bertz CT molecular complexity index is 1040. The van der Waals surface area contributed by atoms with E-state index in [1.54, 1.807) is 25.2 Å². The summed E-state index contributed by atoms with van der Waals surface area (Å²) in [6, 6.07) is 4.85. The van der Waals surface area contributed by atoms with Crippen LogP contribution < -0.4 is 9.54 Å². The largest absolute Gasteiger partial charge is 0.496 e. The molecule has 2 aromatic rings. The smallest absolute Gasteiger partial charge is 0.410 e. The van der Waals surface area contributed by atoms with Crippen molar-refractivity contribution < 1.29 is 19.1 Å². The highest BCUT2D eigenvalue weighted by Gasteiger charge is 2.21. The normalized spacial score (nSPS) is 12.6. The number of carbonyl (C=O) groups is 2. The summed E-state index contributed by atoms with van der Waals surface area (Å²) in [6.07, 6.45) is 1.58. The van der Waals surface area contributed by atoms with Gasteiger partial charge in [-0.05, 0) is 44.4 Å². The van der Waals surface area contributed by atoms with Crippen LogP contribution in [-0.2, 0) is 16.7 Å². The van der Waals surface area contributed by atoms with Gasteiger partial charge in [0.2, 0.25) is 0 Å². The van der Waals surface area contributed by atoms with Crippen molar-refractivity contribution in [2.45, 2.75) is 59.1 Å². The predicted molar refractivity (Wildman–Crippen MR) is 128 cm³/mol. The molecule has 7 nitrogen and oxygen atoms in total. The van der Waals surface area contributed by atoms with Crippen molar-refractivity contribution in [1.29, 1.82) is 0 Å². The van der Waals surface area contributed by atoms with E-state index in [-0.39, 0.29) is 5.41 Å². The molecule has 0 radical (unpaired) electrons. The minimum atomic E-state index is -0.566.